The summed E-state index contributed by atoms with van der Waals surface area (Å²) < 4.78 is 4.89. The molecule has 11 nitrogen and oxygen atoms in total. The molecule has 3 rings (SSSR count). The summed E-state index contributed by atoms with van der Waals surface area (Å²) in [5.74, 6) is -6.50. The van der Waals surface area contributed by atoms with Crippen molar-refractivity contribution in [3.8, 4) is 0 Å². The number of ether oxygens (including phenoxy) is 1. The maximum absolute atomic E-state index is 12.5. The molecule has 11 heteroatoms. The number of imide groups is 1. The highest BCUT2D eigenvalue weighted by atomic mass is 16.6. The van der Waals surface area contributed by atoms with E-state index >= 15 is 0 Å². The van der Waals surface area contributed by atoms with Crippen LogP contribution < -0.4 is 0 Å². The third-order valence-corrected chi connectivity index (χ3v) is 5.41. The van der Waals surface area contributed by atoms with Crippen molar-refractivity contribution in [2.45, 2.75) is 32.3 Å². The van der Waals surface area contributed by atoms with Gasteiger partial charge in [-0.1, -0.05) is 0 Å². The normalized spacial score (nSPS) is 25.2. The molecule has 1 spiro atoms. The second kappa shape index (κ2) is 6.73. The van der Waals surface area contributed by atoms with Crippen molar-refractivity contribution in [2.75, 3.05) is 19.6 Å². The largest absolute Gasteiger partial charge is 0.505 e. The molecule has 0 aromatic carbocycles. The summed E-state index contributed by atoms with van der Waals surface area (Å²) in [7, 11) is 0. The quantitative estimate of drug-likeness (QED) is 0.489. The molecular formula is C17H20N2O9. The summed E-state index contributed by atoms with van der Waals surface area (Å²) in [5, 5.41) is 38.0. The van der Waals surface area contributed by atoms with Gasteiger partial charge in [-0.25, -0.2) is 4.79 Å². The van der Waals surface area contributed by atoms with Crippen LogP contribution in [0.5, 0.6) is 0 Å². The fourth-order valence-electron chi connectivity index (χ4n) is 3.70. The summed E-state index contributed by atoms with van der Waals surface area (Å²) in [6.07, 6.45) is -2.45. The Hall–Kier alpha value is -3.24. The summed E-state index contributed by atoms with van der Waals surface area (Å²) in [5.41, 5.74) is -0.850. The smallest absolute Gasteiger partial charge is 0.410 e. The van der Waals surface area contributed by atoms with E-state index in [-0.39, 0.29) is 50.7 Å². The molecule has 4 N–H and O–H groups in total. The molecule has 2 aliphatic heterocycles. The van der Waals surface area contributed by atoms with Crippen molar-refractivity contribution >= 4 is 23.7 Å². The van der Waals surface area contributed by atoms with Gasteiger partial charge < -0.3 is 30.1 Å². The molecule has 0 radical (unpaired) electrons. The van der Waals surface area contributed by atoms with Crippen molar-refractivity contribution in [1.29, 1.82) is 0 Å². The Morgan fingerprint density at radius 1 is 1.07 bits per heavy atom. The number of carbonyl (C=O) groups is 4. The average molecular weight is 396 g/mol. The second-order valence-corrected chi connectivity index (χ2v) is 6.95. The third kappa shape index (κ3) is 2.83. The van der Waals surface area contributed by atoms with Crippen LogP contribution in [0.15, 0.2) is 23.0 Å². The van der Waals surface area contributed by atoms with Crippen LogP contribution in [0.25, 0.3) is 0 Å². The van der Waals surface area contributed by atoms with Gasteiger partial charge in [0.25, 0.3) is 0 Å². The SMILES string of the molecule is CCN1C(=O)CC2(CCN(C(=O)OC3C(=O)C(O)=C(O)C(O)=C3O)CC2)C1=O. The zero-order valence-corrected chi connectivity index (χ0v) is 15.0. The van der Waals surface area contributed by atoms with Crippen LogP contribution >= 0.6 is 0 Å². The fourth-order valence-corrected chi connectivity index (χ4v) is 3.70. The Kier molecular flexibility index (Phi) is 4.69. The van der Waals surface area contributed by atoms with Crippen LogP contribution in [0.1, 0.15) is 26.2 Å². The summed E-state index contributed by atoms with van der Waals surface area (Å²) >= 11 is 0. The highest BCUT2D eigenvalue weighted by Gasteiger charge is 2.52. The molecule has 3 aliphatic rings. The number of hydrogen-bond acceptors (Lipinski definition) is 9. The van der Waals surface area contributed by atoms with E-state index in [4.69, 9.17) is 4.74 Å². The number of aliphatic hydroxyl groups excluding tert-OH is 4. The molecule has 0 bridgehead atoms. The van der Waals surface area contributed by atoms with Gasteiger partial charge in [-0.05, 0) is 19.8 Å². The maximum Gasteiger partial charge on any atom is 0.410 e. The van der Waals surface area contributed by atoms with E-state index in [9.17, 15) is 39.6 Å². The number of Topliss-reactive ketones (excluding diaryl/α,β-unsaturated/α-hetero) is 1. The van der Waals surface area contributed by atoms with E-state index in [0.717, 1.165) is 0 Å². The van der Waals surface area contributed by atoms with Gasteiger partial charge in [0.1, 0.15) is 0 Å². The molecule has 0 saturated carbocycles. The zero-order chi connectivity index (χ0) is 20.8. The fraction of sp³-hybridized carbons (Fsp3) is 0.529. The van der Waals surface area contributed by atoms with E-state index in [1.54, 1.807) is 6.92 Å². The monoisotopic (exact) mass is 396 g/mol. The topological polar surface area (TPSA) is 165 Å². The number of amides is 3. The van der Waals surface area contributed by atoms with Gasteiger partial charge in [-0.15, -0.1) is 0 Å². The summed E-state index contributed by atoms with van der Waals surface area (Å²) in [4.78, 5) is 51.1. The first-order valence-corrected chi connectivity index (χ1v) is 8.72. The van der Waals surface area contributed by atoms with E-state index in [1.807, 2.05) is 0 Å². The van der Waals surface area contributed by atoms with Gasteiger partial charge >= 0.3 is 6.09 Å². The number of aliphatic hydroxyl groups is 4. The first kappa shape index (κ1) is 19.5. The highest BCUT2D eigenvalue weighted by Crippen LogP contribution is 2.42. The molecule has 2 fully saturated rings. The molecule has 1 unspecified atom stereocenters. The molecule has 3 amide bonds. The lowest BCUT2D eigenvalue weighted by Gasteiger charge is -2.37. The van der Waals surface area contributed by atoms with E-state index in [1.165, 1.54) is 9.80 Å². The van der Waals surface area contributed by atoms with Crippen LogP contribution in [0.4, 0.5) is 4.79 Å². The minimum absolute atomic E-state index is 0.0824. The molecular weight excluding hydrogens is 376 g/mol. The molecule has 2 saturated heterocycles. The average Bonchev–Trinajstić information content (AvgIpc) is 2.91. The first-order valence-electron chi connectivity index (χ1n) is 8.72. The first-order chi connectivity index (χ1) is 13.1. The van der Waals surface area contributed by atoms with Crippen LogP contribution in [0.3, 0.4) is 0 Å². The van der Waals surface area contributed by atoms with Crippen LogP contribution in [0.2, 0.25) is 0 Å². The van der Waals surface area contributed by atoms with Gasteiger partial charge in [0.2, 0.25) is 41.0 Å². The molecule has 28 heavy (non-hydrogen) atoms. The van der Waals surface area contributed by atoms with Crippen molar-refractivity contribution in [3.05, 3.63) is 23.0 Å². The lowest BCUT2D eigenvalue weighted by molar-refractivity contribution is -0.142. The van der Waals surface area contributed by atoms with E-state index in [2.05, 4.69) is 0 Å². The maximum atomic E-state index is 12.5. The molecule has 1 atom stereocenters. The second-order valence-electron chi connectivity index (χ2n) is 6.95. The van der Waals surface area contributed by atoms with Gasteiger partial charge in [-0.3, -0.25) is 19.3 Å². The minimum atomic E-state index is -2.00. The van der Waals surface area contributed by atoms with Crippen LogP contribution in [-0.2, 0) is 19.1 Å². The van der Waals surface area contributed by atoms with Gasteiger partial charge in [0.15, 0.2) is 5.76 Å². The van der Waals surface area contributed by atoms with E-state index < -0.39 is 46.4 Å². The van der Waals surface area contributed by atoms with Gasteiger partial charge in [-0.2, -0.15) is 0 Å². The predicted molar refractivity (Wildman–Crippen MR) is 90.1 cm³/mol. The molecule has 2 heterocycles. The number of carbonyl (C=O) groups excluding carboxylic acids is 4. The Morgan fingerprint density at radius 3 is 2.21 bits per heavy atom. The van der Waals surface area contributed by atoms with Crippen molar-refractivity contribution in [2.24, 2.45) is 5.41 Å². The number of nitrogens with zero attached hydrogens (tertiary/aromatic N) is 2. The molecule has 0 aromatic rings. The van der Waals surface area contributed by atoms with Gasteiger partial charge in [0.05, 0.1) is 5.41 Å². The van der Waals surface area contributed by atoms with E-state index in [0.29, 0.717) is 0 Å². The van der Waals surface area contributed by atoms with Crippen molar-refractivity contribution < 1.29 is 44.3 Å². The Labute approximate surface area is 159 Å². The standard InChI is InChI=1S/C17H20N2O9/c1-2-19-8(20)7-17(15(19)26)3-5-18(6-4-17)16(27)28-14-12(24)10(22)9(21)11(23)13(14)25/h14,21-24H,2-7H2,1H3. The molecule has 0 aromatic heterocycles. The van der Waals surface area contributed by atoms with Crippen LogP contribution in [-0.4, -0.2) is 79.7 Å². The number of ketones is 1. The Morgan fingerprint density at radius 2 is 1.68 bits per heavy atom. The van der Waals surface area contributed by atoms with Crippen LogP contribution in [0, 0.1) is 5.41 Å². The number of hydrogen-bond donors (Lipinski definition) is 4. The summed E-state index contributed by atoms with van der Waals surface area (Å²) in [6, 6.07) is 0. The Balaban J connectivity index is 1.66. The zero-order valence-electron chi connectivity index (χ0n) is 15.0. The lowest BCUT2D eigenvalue weighted by Crippen LogP contribution is -2.48. The summed E-state index contributed by atoms with van der Waals surface area (Å²) in [6.45, 7) is 2.16. The predicted octanol–water partition coefficient (Wildman–Crippen LogP) is 0.591. The third-order valence-electron chi connectivity index (χ3n) is 5.41. The lowest BCUT2D eigenvalue weighted by atomic mass is 9.77. The van der Waals surface area contributed by atoms with Crippen molar-refractivity contribution in [1.82, 2.24) is 9.80 Å². The highest BCUT2D eigenvalue weighted by molar-refractivity contribution is 6.06. The van der Waals surface area contributed by atoms with Crippen molar-refractivity contribution in [3.63, 3.8) is 0 Å². The minimum Gasteiger partial charge on any atom is -0.505 e. The molecule has 1 aliphatic carbocycles. The van der Waals surface area contributed by atoms with Gasteiger partial charge in [0, 0.05) is 26.1 Å². The number of rotatable bonds is 2. The number of piperidine rings is 1. The number of likely N-dealkylation sites (tertiary alicyclic amines) is 2. The molecule has 152 valence electrons. The Bertz CT molecular complexity index is 820.